The molecule has 0 bridgehead atoms. The van der Waals surface area contributed by atoms with E-state index in [1.807, 2.05) is 0 Å². The number of non-ortho nitro benzene ring substituents is 1. The number of hydrogen-bond donors (Lipinski definition) is 1. The molecule has 2 rings (SSSR count). The molecule has 0 aliphatic rings. The van der Waals surface area contributed by atoms with Gasteiger partial charge in [0.1, 0.15) is 0 Å². The number of nitro groups is 1. The van der Waals surface area contributed by atoms with E-state index >= 15 is 0 Å². The average molecular weight is 339 g/mol. The number of amides is 1. The highest BCUT2D eigenvalue weighted by Crippen LogP contribution is 2.25. The van der Waals surface area contributed by atoms with E-state index < -0.39 is 10.8 Å². The molecule has 1 amide bonds. The van der Waals surface area contributed by atoms with Crippen LogP contribution in [0.1, 0.15) is 18.4 Å². The van der Waals surface area contributed by atoms with Gasteiger partial charge in [0.05, 0.1) is 10.8 Å². The van der Waals surface area contributed by atoms with Crippen molar-refractivity contribution in [3.05, 3.63) is 68.2 Å². The number of hydrogen-bond acceptors (Lipinski definition) is 3. The molecule has 0 spiro atoms. The summed E-state index contributed by atoms with van der Waals surface area (Å²) in [6, 6.07) is 10.6. The van der Waals surface area contributed by atoms with Crippen LogP contribution >= 0.6 is 23.2 Å². The fourth-order valence-electron chi connectivity index (χ4n) is 1.91. The Hall–Kier alpha value is -2.11. The Labute approximate surface area is 137 Å². The van der Waals surface area contributed by atoms with Crippen LogP contribution in [0.3, 0.4) is 0 Å². The van der Waals surface area contributed by atoms with Crippen molar-refractivity contribution in [1.29, 1.82) is 0 Å². The van der Waals surface area contributed by atoms with Crippen molar-refractivity contribution >= 4 is 40.5 Å². The zero-order valence-corrected chi connectivity index (χ0v) is 13.1. The van der Waals surface area contributed by atoms with E-state index in [0.717, 1.165) is 0 Å². The topological polar surface area (TPSA) is 72.2 Å². The monoisotopic (exact) mass is 338 g/mol. The molecule has 1 N–H and O–H groups in total. The molecule has 114 valence electrons. The predicted octanol–water partition coefficient (Wildman–Crippen LogP) is 4.64. The average Bonchev–Trinajstić information content (AvgIpc) is 2.45. The summed E-state index contributed by atoms with van der Waals surface area (Å²) in [6.07, 6.45) is 0. The molecule has 1 atom stereocenters. The number of nitrogens with zero attached hydrogens (tertiary/aromatic N) is 1. The molecule has 0 heterocycles. The van der Waals surface area contributed by atoms with E-state index in [1.165, 1.54) is 12.1 Å². The van der Waals surface area contributed by atoms with Gasteiger partial charge >= 0.3 is 0 Å². The first-order valence-corrected chi connectivity index (χ1v) is 7.13. The lowest BCUT2D eigenvalue weighted by Crippen LogP contribution is -2.18. The summed E-state index contributed by atoms with van der Waals surface area (Å²) in [6.45, 7) is 1.71. The first-order valence-electron chi connectivity index (χ1n) is 6.38. The number of nitro benzene ring substituents is 1. The van der Waals surface area contributed by atoms with Crippen molar-refractivity contribution in [3.63, 3.8) is 0 Å². The number of benzene rings is 2. The van der Waals surface area contributed by atoms with Crippen molar-refractivity contribution in [2.45, 2.75) is 12.8 Å². The maximum absolute atomic E-state index is 12.2. The van der Waals surface area contributed by atoms with E-state index in [0.29, 0.717) is 21.3 Å². The Morgan fingerprint density at radius 3 is 2.18 bits per heavy atom. The van der Waals surface area contributed by atoms with Crippen LogP contribution in [0.25, 0.3) is 0 Å². The fourth-order valence-corrected chi connectivity index (χ4v) is 2.44. The highest BCUT2D eigenvalue weighted by molar-refractivity contribution is 6.35. The van der Waals surface area contributed by atoms with Gasteiger partial charge in [-0.2, -0.15) is 0 Å². The van der Waals surface area contributed by atoms with Crippen molar-refractivity contribution in [3.8, 4) is 0 Å². The molecule has 0 aliphatic heterocycles. The van der Waals surface area contributed by atoms with Crippen LogP contribution in [-0.4, -0.2) is 10.8 Å². The zero-order chi connectivity index (χ0) is 16.3. The molecule has 7 heteroatoms. The van der Waals surface area contributed by atoms with E-state index in [2.05, 4.69) is 5.32 Å². The van der Waals surface area contributed by atoms with E-state index in [-0.39, 0.29) is 11.6 Å². The molecular formula is C15H12Cl2N2O3. The van der Waals surface area contributed by atoms with E-state index in [1.54, 1.807) is 37.3 Å². The van der Waals surface area contributed by atoms with Crippen LogP contribution in [0.2, 0.25) is 10.0 Å². The molecule has 5 nitrogen and oxygen atoms in total. The summed E-state index contributed by atoms with van der Waals surface area (Å²) in [5.41, 5.74) is 1.16. The number of nitrogens with one attached hydrogen (secondary N) is 1. The third kappa shape index (κ3) is 3.96. The Bertz CT molecular complexity index is 697. The lowest BCUT2D eigenvalue weighted by molar-refractivity contribution is -0.384. The van der Waals surface area contributed by atoms with Gasteiger partial charge in [-0.25, -0.2) is 0 Å². The second-order valence-electron chi connectivity index (χ2n) is 4.72. The second kappa shape index (κ2) is 6.77. The Balaban J connectivity index is 2.13. The normalized spacial score (nSPS) is 11.8. The first kappa shape index (κ1) is 16.3. The molecule has 0 saturated heterocycles. The molecule has 2 aromatic carbocycles. The van der Waals surface area contributed by atoms with Gasteiger partial charge in [0.25, 0.3) is 5.69 Å². The van der Waals surface area contributed by atoms with Gasteiger partial charge in [0.15, 0.2) is 0 Å². The highest BCUT2D eigenvalue weighted by Gasteiger charge is 2.17. The van der Waals surface area contributed by atoms with Crippen molar-refractivity contribution in [2.75, 3.05) is 5.32 Å². The van der Waals surface area contributed by atoms with Crippen LogP contribution in [0.15, 0.2) is 42.5 Å². The summed E-state index contributed by atoms with van der Waals surface area (Å²) < 4.78 is 0. The minimum absolute atomic E-state index is 0.0158. The number of anilines is 1. The Morgan fingerprint density at radius 2 is 1.68 bits per heavy atom. The quantitative estimate of drug-likeness (QED) is 0.651. The third-order valence-corrected chi connectivity index (χ3v) is 3.56. The first-order chi connectivity index (χ1) is 10.4. The molecule has 0 saturated carbocycles. The highest BCUT2D eigenvalue weighted by atomic mass is 35.5. The molecular weight excluding hydrogens is 327 g/mol. The SMILES string of the molecule is C[C@H](C(=O)Nc1cc(Cl)cc(Cl)c1)c1ccc([N+](=O)[O-])cc1. The van der Waals surface area contributed by atoms with E-state index in [4.69, 9.17) is 23.2 Å². The standard InChI is InChI=1S/C15H12Cl2N2O3/c1-9(10-2-4-14(5-3-10)19(21)22)15(20)18-13-7-11(16)6-12(17)8-13/h2-9H,1H3,(H,18,20)/t9-/m0/s1. The van der Waals surface area contributed by atoms with Crippen LogP contribution in [0.5, 0.6) is 0 Å². The molecule has 0 aliphatic carbocycles. The number of carbonyl (C=O) groups excluding carboxylic acids is 1. The predicted molar refractivity (Wildman–Crippen MR) is 86.6 cm³/mol. The van der Waals surface area contributed by atoms with Crippen molar-refractivity contribution in [2.24, 2.45) is 0 Å². The zero-order valence-electron chi connectivity index (χ0n) is 11.5. The van der Waals surface area contributed by atoms with Crippen LogP contribution < -0.4 is 5.32 Å². The van der Waals surface area contributed by atoms with Crippen LogP contribution in [0, 0.1) is 10.1 Å². The molecule has 2 aromatic rings. The smallest absolute Gasteiger partial charge is 0.269 e. The summed E-state index contributed by atoms with van der Waals surface area (Å²) in [4.78, 5) is 22.4. The van der Waals surface area contributed by atoms with Gasteiger partial charge in [0, 0.05) is 27.9 Å². The summed E-state index contributed by atoms with van der Waals surface area (Å²) >= 11 is 11.8. The summed E-state index contributed by atoms with van der Waals surface area (Å²) in [7, 11) is 0. The van der Waals surface area contributed by atoms with Gasteiger partial charge < -0.3 is 5.32 Å². The van der Waals surface area contributed by atoms with Gasteiger partial charge in [-0.05, 0) is 30.7 Å². The second-order valence-corrected chi connectivity index (χ2v) is 5.59. The summed E-state index contributed by atoms with van der Waals surface area (Å²) in [5.74, 6) is -0.731. The van der Waals surface area contributed by atoms with Crippen LogP contribution in [-0.2, 0) is 4.79 Å². The van der Waals surface area contributed by atoms with Crippen LogP contribution in [0.4, 0.5) is 11.4 Å². The number of halogens is 2. The van der Waals surface area contributed by atoms with Gasteiger partial charge in [-0.3, -0.25) is 14.9 Å². The molecule has 22 heavy (non-hydrogen) atoms. The van der Waals surface area contributed by atoms with Crippen molar-refractivity contribution in [1.82, 2.24) is 0 Å². The third-order valence-electron chi connectivity index (χ3n) is 3.13. The lowest BCUT2D eigenvalue weighted by Gasteiger charge is -2.13. The maximum Gasteiger partial charge on any atom is 0.269 e. The summed E-state index contributed by atoms with van der Waals surface area (Å²) in [5, 5.41) is 14.2. The minimum atomic E-state index is -0.484. The van der Waals surface area contributed by atoms with Gasteiger partial charge in [-0.1, -0.05) is 35.3 Å². The minimum Gasteiger partial charge on any atom is -0.325 e. The van der Waals surface area contributed by atoms with E-state index in [9.17, 15) is 14.9 Å². The Kier molecular flexibility index (Phi) is 5.00. The fraction of sp³-hybridized carbons (Fsp3) is 0.133. The van der Waals surface area contributed by atoms with Gasteiger partial charge in [0.2, 0.25) is 5.91 Å². The molecule has 0 radical (unpaired) electrons. The number of rotatable bonds is 4. The Morgan fingerprint density at radius 1 is 1.14 bits per heavy atom. The number of carbonyl (C=O) groups is 1. The molecule has 0 unspecified atom stereocenters. The molecule has 0 fully saturated rings. The van der Waals surface area contributed by atoms with Crippen molar-refractivity contribution < 1.29 is 9.72 Å². The maximum atomic E-state index is 12.2. The molecule has 0 aromatic heterocycles. The van der Waals surface area contributed by atoms with Gasteiger partial charge in [-0.15, -0.1) is 0 Å². The lowest BCUT2D eigenvalue weighted by atomic mass is 10.00. The largest absolute Gasteiger partial charge is 0.325 e.